The van der Waals surface area contributed by atoms with Crippen LogP contribution in [0, 0.1) is 3.57 Å². The lowest BCUT2D eigenvalue weighted by atomic mass is 10.2. The predicted molar refractivity (Wildman–Crippen MR) is 70.0 cm³/mol. The first-order valence-electron chi connectivity index (χ1n) is 4.78. The summed E-state index contributed by atoms with van der Waals surface area (Å²) in [4.78, 5) is 13.6. The van der Waals surface area contributed by atoms with E-state index in [1.54, 1.807) is 0 Å². The van der Waals surface area contributed by atoms with E-state index in [1.165, 1.54) is 0 Å². The minimum Gasteiger partial charge on any atom is -0.351 e. The van der Waals surface area contributed by atoms with Crippen LogP contribution in [-0.2, 0) is 0 Å². The molecule has 0 aliphatic carbocycles. The quantitative estimate of drug-likeness (QED) is 0.856. The van der Waals surface area contributed by atoms with Crippen molar-refractivity contribution in [2.24, 2.45) is 0 Å². The molecule has 3 nitrogen and oxygen atoms in total. The van der Waals surface area contributed by atoms with Crippen molar-refractivity contribution < 1.29 is 4.79 Å². The SMILES string of the molecule is CN(C)CCNC(=O)c1ccc([124I])cc1. The fourth-order valence-corrected chi connectivity index (χ4v) is 1.46. The highest BCUT2D eigenvalue weighted by Gasteiger charge is 2.03. The van der Waals surface area contributed by atoms with Crippen molar-refractivity contribution in [2.45, 2.75) is 0 Å². The summed E-state index contributed by atoms with van der Waals surface area (Å²) in [7, 11) is 3.97. The highest BCUT2D eigenvalue weighted by molar-refractivity contribution is 14.1. The second-order valence-corrected chi connectivity index (χ2v) is 4.81. The van der Waals surface area contributed by atoms with Gasteiger partial charge in [0.1, 0.15) is 0 Å². The van der Waals surface area contributed by atoms with Crippen molar-refractivity contribution in [2.75, 3.05) is 27.2 Å². The van der Waals surface area contributed by atoms with Crippen LogP contribution >= 0.6 is 22.6 Å². The topological polar surface area (TPSA) is 32.3 Å². The third-order valence-corrected chi connectivity index (χ3v) is 2.67. The van der Waals surface area contributed by atoms with E-state index in [-0.39, 0.29) is 5.91 Å². The Morgan fingerprint density at radius 2 is 1.93 bits per heavy atom. The maximum absolute atomic E-state index is 11.6. The van der Waals surface area contributed by atoms with Crippen LogP contribution in [0.5, 0.6) is 0 Å². The second-order valence-electron chi connectivity index (χ2n) is 3.57. The molecule has 0 spiro atoms. The first kappa shape index (κ1) is 12.4. The third-order valence-electron chi connectivity index (χ3n) is 1.95. The summed E-state index contributed by atoms with van der Waals surface area (Å²) in [5.41, 5.74) is 0.717. The Bertz CT molecular complexity index is 322. The summed E-state index contributed by atoms with van der Waals surface area (Å²) in [5, 5.41) is 2.87. The van der Waals surface area contributed by atoms with Crippen molar-refractivity contribution in [3.63, 3.8) is 0 Å². The van der Waals surface area contributed by atoms with Gasteiger partial charge in [-0.1, -0.05) is 0 Å². The lowest BCUT2D eigenvalue weighted by molar-refractivity contribution is 0.0951. The van der Waals surface area contributed by atoms with Crippen LogP contribution in [0.25, 0.3) is 0 Å². The number of nitrogens with zero attached hydrogens (tertiary/aromatic N) is 1. The number of carbonyl (C=O) groups is 1. The lowest BCUT2D eigenvalue weighted by Crippen LogP contribution is -2.31. The zero-order valence-corrected chi connectivity index (χ0v) is 11.1. The molecule has 0 fully saturated rings. The van der Waals surface area contributed by atoms with Gasteiger partial charge >= 0.3 is 0 Å². The molecule has 1 N–H and O–H groups in total. The van der Waals surface area contributed by atoms with Crippen LogP contribution in [0.3, 0.4) is 0 Å². The maximum Gasteiger partial charge on any atom is 0.251 e. The van der Waals surface area contributed by atoms with Crippen molar-refractivity contribution in [1.29, 1.82) is 0 Å². The minimum atomic E-state index is -0.00625. The van der Waals surface area contributed by atoms with Crippen LogP contribution in [0.1, 0.15) is 10.4 Å². The van der Waals surface area contributed by atoms with E-state index in [4.69, 9.17) is 0 Å². The number of nitrogens with one attached hydrogen (secondary N) is 1. The molecule has 0 atom stereocenters. The summed E-state index contributed by atoms with van der Waals surface area (Å²) in [6.07, 6.45) is 0. The van der Waals surface area contributed by atoms with Crippen LogP contribution in [-0.4, -0.2) is 38.0 Å². The first-order chi connectivity index (χ1) is 7.09. The molecule has 15 heavy (non-hydrogen) atoms. The van der Waals surface area contributed by atoms with E-state index in [0.717, 1.165) is 10.1 Å². The molecule has 1 rings (SSSR count). The Kier molecular flexibility index (Phi) is 5.04. The minimum absolute atomic E-state index is 0.00625. The molecule has 0 unspecified atom stereocenters. The van der Waals surface area contributed by atoms with E-state index < -0.39 is 0 Å². The number of amides is 1. The number of hydrogen-bond donors (Lipinski definition) is 1. The molecular formula is C11H15IN2O. The molecule has 0 aromatic heterocycles. The lowest BCUT2D eigenvalue weighted by Gasteiger charge is -2.10. The molecule has 0 aliphatic heterocycles. The molecule has 1 aromatic carbocycles. The molecular weight excluding hydrogens is 300 g/mol. The molecule has 82 valence electrons. The molecule has 1 amide bonds. The van der Waals surface area contributed by atoms with Gasteiger partial charge in [-0.15, -0.1) is 0 Å². The molecule has 0 aliphatic rings. The largest absolute Gasteiger partial charge is 0.351 e. The summed E-state index contributed by atoms with van der Waals surface area (Å²) < 4.78 is 1.14. The van der Waals surface area contributed by atoms with Gasteiger partial charge in [-0.2, -0.15) is 0 Å². The van der Waals surface area contributed by atoms with Gasteiger partial charge in [-0.05, 0) is 61.0 Å². The van der Waals surface area contributed by atoms with Gasteiger partial charge in [0.15, 0.2) is 0 Å². The number of hydrogen-bond acceptors (Lipinski definition) is 2. The van der Waals surface area contributed by atoms with E-state index in [2.05, 4.69) is 27.9 Å². The number of likely N-dealkylation sites (N-methyl/N-ethyl adjacent to an activating group) is 1. The van der Waals surface area contributed by atoms with E-state index in [9.17, 15) is 4.79 Å². The first-order valence-corrected chi connectivity index (χ1v) is 5.86. The molecule has 4 heteroatoms. The fourth-order valence-electron chi connectivity index (χ4n) is 1.10. The second kappa shape index (κ2) is 6.07. The van der Waals surface area contributed by atoms with Crippen molar-refractivity contribution in [3.05, 3.63) is 33.4 Å². The van der Waals surface area contributed by atoms with Gasteiger partial charge in [-0.25, -0.2) is 0 Å². The van der Waals surface area contributed by atoms with Gasteiger partial charge in [0.2, 0.25) is 0 Å². The van der Waals surface area contributed by atoms with Crippen LogP contribution < -0.4 is 5.32 Å². The van der Waals surface area contributed by atoms with Crippen LogP contribution in [0.15, 0.2) is 24.3 Å². The smallest absolute Gasteiger partial charge is 0.251 e. The Hall–Kier alpha value is -0.620. The summed E-state index contributed by atoms with van der Waals surface area (Å²) in [6.45, 7) is 1.54. The number of carbonyl (C=O) groups excluding carboxylic acids is 1. The summed E-state index contributed by atoms with van der Waals surface area (Å²) >= 11 is 2.22. The number of rotatable bonds is 4. The van der Waals surface area contributed by atoms with Gasteiger partial charge < -0.3 is 10.2 Å². The molecule has 0 saturated heterocycles. The van der Waals surface area contributed by atoms with Crippen LogP contribution in [0.2, 0.25) is 0 Å². The fraction of sp³-hybridized carbons (Fsp3) is 0.364. The molecule has 0 saturated carbocycles. The third kappa shape index (κ3) is 4.61. The number of benzene rings is 1. The molecule has 1 aromatic rings. The zero-order valence-electron chi connectivity index (χ0n) is 8.96. The zero-order chi connectivity index (χ0) is 11.3. The Labute approximate surface area is 104 Å². The average Bonchev–Trinajstić information content (AvgIpc) is 2.18. The normalized spacial score (nSPS) is 10.4. The Morgan fingerprint density at radius 3 is 2.47 bits per heavy atom. The Balaban J connectivity index is 2.43. The highest BCUT2D eigenvalue weighted by Crippen LogP contribution is 2.06. The highest BCUT2D eigenvalue weighted by atomic mass is 124. The van der Waals surface area contributed by atoms with Crippen molar-refractivity contribution >= 4 is 28.5 Å². The van der Waals surface area contributed by atoms with E-state index in [0.29, 0.717) is 12.1 Å². The van der Waals surface area contributed by atoms with Crippen molar-refractivity contribution in [3.8, 4) is 0 Å². The van der Waals surface area contributed by atoms with Crippen LogP contribution in [0.4, 0.5) is 0 Å². The van der Waals surface area contributed by atoms with E-state index >= 15 is 0 Å². The van der Waals surface area contributed by atoms with E-state index in [1.807, 2.05) is 43.3 Å². The van der Waals surface area contributed by atoms with Gasteiger partial charge in [0.25, 0.3) is 5.91 Å². The maximum atomic E-state index is 11.6. The monoisotopic (exact) mass is 315 g/mol. The van der Waals surface area contributed by atoms with Gasteiger partial charge in [0.05, 0.1) is 0 Å². The number of halogens is 1. The van der Waals surface area contributed by atoms with Gasteiger partial charge in [-0.3, -0.25) is 4.79 Å². The Morgan fingerprint density at radius 1 is 1.33 bits per heavy atom. The summed E-state index contributed by atoms with van der Waals surface area (Å²) in [5.74, 6) is -0.00625. The molecule has 0 bridgehead atoms. The molecule has 0 radical (unpaired) electrons. The van der Waals surface area contributed by atoms with Gasteiger partial charge in [0, 0.05) is 22.2 Å². The average molecular weight is 315 g/mol. The predicted octanol–water partition coefficient (Wildman–Crippen LogP) is 1.58. The standard InChI is InChI=1S/C11H15IN2O/c1-14(2)8-7-13-11(15)9-3-5-10(12)6-4-9/h3-6H,7-8H2,1-2H3,(H,13,15)/i12-3. The summed E-state index contributed by atoms with van der Waals surface area (Å²) in [6, 6.07) is 7.54. The van der Waals surface area contributed by atoms with Crippen molar-refractivity contribution in [1.82, 2.24) is 10.2 Å². The molecule has 0 heterocycles.